The van der Waals surface area contributed by atoms with Gasteiger partial charge in [0.25, 0.3) is 0 Å². The molecule has 0 saturated carbocycles. The first-order valence-corrected chi connectivity index (χ1v) is 9.92. The molecule has 0 aromatic heterocycles. The summed E-state index contributed by atoms with van der Waals surface area (Å²) >= 11 is 0. The molecule has 0 saturated heterocycles. The van der Waals surface area contributed by atoms with Gasteiger partial charge in [0, 0.05) is 6.08 Å². The summed E-state index contributed by atoms with van der Waals surface area (Å²) in [5.41, 5.74) is 0.761. The zero-order valence-electron chi connectivity index (χ0n) is 13.4. The molecule has 0 aliphatic rings. The van der Waals surface area contributed by atoms with Crippen molar-refractivity contribution >= 4 is 20.4 Å². The monoisotopic (exact) mass is 310 g/mol. The average molecular weight is 310 g/mol. The topological polar surface area (TPSA) is 54.0 Å². The van der Waals surface area contributed by atoms with Crippen molar-refractivity contribution in [2.24, 2.45) is 0 Å². The van der Waals surface area contributed by atoms with Crippen LogP contribution in [0.25, 0.3) is 6.08 Å². The standard InChI is InChI=1S/C15H22O5Si/c1-17-12-9-11(7-8-14(16)19-3)10-13(18-2)15(12)20-21(4,5)6/h7-10H,1-6H3/b8-7+. The predicted molar refractivity (Wildman–Crippen MR) is 84.6 cm³/mol. The highest BCUT2D eigenvalue weighted by molar-refractivity contribution is 6.70. The maximum atomic E-state index is 11.2. The first kappa shape index (κ1) is 17.1. The molecule has 0 aliphatic carbocycles. The van der Waals surface area contributed by atoms with Gasteiger partial charge in [-0.15, -0.1) is 0 Å². The molecule has 0 bridgehead atoms. The van der Waals surface area contributed by atoms with Gasteiger partial charge >= 0.3 is 5.97 Å². The Bertz CT molecular complexity index is 506. The van der Waals surface area contributed by atoms with E-state index in [1.807, 2.05) is 0 Å². The fourth-order valence-electron chi connectivity index (χ4n) is 1.64. The Morgan fingerprint density at radius 1 is 1.05 bits per heavy atom. The lowest BCUT2D eigenvalue weighted by Crippen LogP contribution is -2.29. The lowest BCUT2D eigenvalue weighted by Gasteiger charge is -2.23. The number of ether oxygens (including phenoxy) is 3. The highest BCUT2D eigenvalue weighted by Crippen LogP contribution is 2.40. The lowest BCUT2D eigenvalue weighted by molar-refractivity contribution is -0.134. The fraction of sp³-hybridized carbons (Fsp3) is 0.400. The minimum atomic E-state index is -1.81. The third kappa shape index (κ3) is 5.15. The second kappa shape index (κ2) is 7.17. The second-order valence-corrected chi connectivity index (χ2v) is 9.75. The van der Waals surface area contributed by atoms with Crippen LogP contribution in [0.15, 0.2) is 18.2 Å². The Morgan fingerprint density at radius 3 is 1.95 bits per heavy atom. The summed E-state index contributed by atoms with van der Waals surface area (Å²) in [4.78, 5) is 11.2. The van der Waals surface area contributed by atoms with Gasteiger partial charge in [0.15, 0.2) is 17.2 Å². The van der Waals surface area contributed by atoms with Gasteiger partial charge in [-0.05, 0) is 43.4 Å². The molecule has 0 unspecified atom stereocenters. The number of rotatable bonds is 6. The van der Waals surface area contributed by atoms with Crippen LogP contribution in [0, 0.1) is 0 Å². The van der Waals surface area contributed by atoms with Gasteiger partial charge in [-0.1, -0.05) is 0 Å². The molecule has 0 spiro atoms. The van der Waals surface area contributed by atoms with E-state index >= 15 is 0 Å². The average Bonchev–Trinajstić information content (AvgIpc) is 2.43. The summed E-state index contributed by atoms with van der Waals surface area (Å²) in [5, 5.41) is 0. The molecule has 0 radical (unpaired) electrons. The number of esters is 1. The predicted octanol–water partition coefficient (Wildman–Crippen LogP) is 3.10. The van der Waals surface area contributed by atoms with Crippen LogP contribution in [0.5, 0.6) is 17.2 Å². The summed E-state index contributed by atoms with van der Waals surface area (Å²) in [6, 6.07) is 3.58. The van der Waals surface area contributed by atoms with Crippen molar-refractivity contribution in [2.75, 3.05) is 21.3 Å². The highest BCUT2D eigenvalue weighted by Gasteiger charge is 2.22. The molecule has 21 heavy (non-hydrogen) atoms. The van der Waals surface area contributed by atoms with Crippen molar-refractivity contribution in [3.8, 4) is 17.2 Å². The minimum Gasteiger partial charge on any atom is -0.539 e. The van der Waals surface area contributed by atoms with Crippen LogP contribution >= 0.6 is 0 Å². The smallest absolute Gasteiger partial charge is 0.330 e. The van der Waals surface area contributed by atoms with E-state index in [0.29, 0.717) is 17.2 Å². The van der Waals surface area contributed by atoms with E-state index in [0.717, 1.165) is 5.56 Å². The Hall–Kier alpha value is -1.95. The number of methoxy groups -OCH3 is 3. The first-order chi connectivity index (χ1) is 9.80. The summed E-state index contributed by atoms with van der Waals surface area (Å²) in [6.45, 7) is 6.24. The third-order valence-electron chi connectivity index (χ3n) is 2.50. The van der Waals surface area contributed by atoms with Crippen molar-refractivity contribution in [1.29, 1.82) is 0 Å². The molecule has 0 fully saturated rings. The van der Waals surface area contributed by atoms with Crippen molar-refractivity contribution < 1.29 is 23.4 Å². The Morgan fingerprint density at radius 2 is 1.57 bits per heavy atom. The molecule has 0 atom stereocenters. The first-order valence-electron chi connectivity index (χ1n) is 6.51. The maximum absolute atomic E-state index is 11.2. The molecule has 0 N–H and O–H groups in total. The Kier molecular flexibility index (Phi) is 5.84. The summed E-state index contributed by atoms with van der Waals surface area (Å²) < 4.78 is 21.3. The van der Waals surface area contributed by atoms with Gasteiger partial charge in [-0.3, -0.25) is 0 Å². The molecule has 0 heterocycles. The van der Waals surface area contributed by atoms with Gasteiger partial charge in [0.05, 0.1) is 21.3 Å². The van der Waals surface area contributed by atoms with Crippen LogP contribution in [0.4, 0.5) is 0 Å². The van der Waals surface area contributed by atoms with Crippen LogP contribution in [-0.4, -0.2) is 35.6 Å². The molecule has 6 heteroatoms. The second-order valence-electron chi connectivity index (χ2n) is 5.33. The van der Waals surface area contributed by atoms with Crippen molar-refractivity contribution in [3.63, 3.8) is 0 Å². The summed E-state index contributed by atoms with van der Waals surface area (Å²) in [7, 11) is 2.67. The number of carbonyl (C=O) groups is 1. The molecule has 0 amide bonds. The van der Waals surface area contributed by atoms with Crippen LogP contribution < -0.4 is 13.9 Å². The molecule has 1 aromatic rings. The third-order valence-corrected chi connectivity index (χ3v) is 3.32. The van der Waals surface area contributed by atoms with Gasteiger partial charge in [0.1, 0.15) is 0 Å². The van der Waals surface area contributed by atoms with Crippen LogP contribution in [-0.2, 0) is 9.53 Å². The minimum absolute atomic E-state index is 0.421. The van der Waals surface area contributed by atoms with E-state index in [2.05, 4.69) is 24.4 Å². The number of carbonyl (C=O) groups excluding carboxylic acids is 1. The normalized spacial score (nSPS) is 11.3. The van der Waals surface area contributed by atoms with E-state index in [9.17, 15) is 4.79 Å². The fourth-order valence-corrected chi connectivity index (χ4v) is 2.45. The number of hydrogen-bond donors (Lipinski definition) is 0. The highest BCUT2D eigenvalue weighted by atomic mass is 28.4. The largest absolute Gasteiger partial charge is 0.539 e. The van der Waals surface area contributed by atoms with Gasteiger partial charge in [-0.25, -0.2) is 4.79 Å². The summed E-state index contributed by atoms with van der Waals surface area (Å²) in [5.74, 6) is 1.31. The zero-order valence-corrected chi connectivity index (χ0v) is 14.4. The molecule has 0 aliphatic heterocycles. The van der Waals surface area contributed by atoms with Gasteiger partial charge < -0.3 is 18.6 Å². The number of benzene rings is 1. The zero-order chi connectivity index (χ0) is 16.0. The van der Waals surface area contributed by atoms with Crippen LogP contribution in [0.1, 0.15) is 5.56 Å². The quantitative estimate of drug-likeness (QED) is 0.459. The van der Waals surface area contributed by atoms with Crippen molar-refractivity contribution in [2.45, 2.75) is 19.6 Å². The lowest BCUT2D eigenvalue weighted by atomic mass is 10.1. The Balaban J connectivity index is 3.23. The molecule has 116 valence electrons. The van der Waals surface area contributed by atoms with E-state index in [4.69, 9.17) is 13.9 Å². The molecule has 5 nitrogen and oxygen atoms in total. The SMILES string of the molecule is COC(=O)/C=C/c1cc(OC)c(O[Si](C)(C)C)c(OC)c1. The van der Waals surface area contributed by atoms with E-state index < -0.39 is 14.3 Å². The van der Waals surface area contributed by atoms with Gasteiger partial charge in [0.2, 0.25) is 8.32 Å². The number of hydrogen-bond acceptors (Lipinski definition) is 5. The summed E-state index contributed by atoms with van der Waals surface area (Å²) in [6.07, 6.45) is 2.97. The van der Waals surface area contributed by atoms with Gasteiger partial charge in [-0.2, -0.15) is 0 Å². The maximum Gasteiger partial charge on any atom is 0.330 e. The van der Waals surface area contributed by atoms with E-state index in [1.165, 1.54) is 13.2 Å². The van der Waals surface area contributed by atoms with Crippen LogP contribution in [0.3, 0.4) is 0 Å². The molecular weight excluding hydrogens is 288 g/mol. The molecule has 1 aromatic carbocycles. The molecular formula is C15H22O5Si. The Labute approximate surface area is 126 Å². The van der Waals surface area contributed by atoms with Crippen molar-refractivity contribution in [1.82, 2.24) is 0 Å². The molecule has 1 rings (SSSR count). The van der Waals surface area contributed by atoms with Crippen molar-refractivity contribution in [3.05, 3.63) is 23.8 Å². The van der Waals surface area contributed by atoms with E-state index in [1.54, 1.807) is 32.4 Å². The van der Waals surface area contributed by atoms with E-state index in [-0.39, 0.29) is 0 Å². The van der Waals surface area contributed by atoms with Crippen LogP contribution in [0.2, 0.25) is 19.6 Å².